The largest absolute Gasteiger partial charge is 0.354 e. The first kappa shape index (κ1) is 18.2. The van der Waals surface area contributed by atoms with E-state index in [1.165, 1.54) is 10.5 Å². The van der Waals surface area contributed by atoms with Crippen LogP contribution in [0, 0.1) is 0 Å². The zero-order valence-corrected chi connectivity index (χ0v) is 15.5. The van der Waals surface area contributed by atoms with Gasteiger partial charge < -0.3 is 9.80 Å². The maximum Gasteiger partial charge on any atom is 0.245 e. The molecular weight excluding hydrogens is 312 g/mol. The third kappa shape index (κ3) is 4.02. The molecule has 6 nitrogen and oxygen atoms in total. The van der Waals surface area contributed by atoms with Crippen LogP contribution in [0.4, 0.5) is 5.82 Å². The Balaban J connectivity index is 2.21. The monoisotopic (exact) mass is 340 g/mol. The van der Waals surface area contributed by atoms with Crippen molar-refractivity contribution in [3.8, 4) is 0 Å². The Labute approximate surface area is 140 Å². The molecule has 0 saturated carbocycles. The summed E-state index contributed by atoms with van der Waals surface area (Å²) >= 11 is 0. The quantitative estimate of drug-likeness (QED) is 0.816. The van der Waals surface area contributed by atoms with E-state index >= 15 is 0 Å². The van der Waals surface area contributed by atoms with Crippen LogP contribution in [0.25, 0.3) is 0 Å². The average molecular weight is 340 g/mol. The first-order chi connectivity index (χ1) is 10.7. The molecule has 0 atom stereocenters. The zero-order valence-electron chi connectivity index (χ0n) is 14.7. The molecule has 1 fully saturated rings. The molecule has 0 bridgehead atoms. The molecule has 23 heavy (non-hydrogen) atoms. The minimum atomic E-state index is -3.51. The van der Waals surface area contributed by atoms with Gasteiger partial charge in [0.15, 0.2) is 0 Å². The van der Waals surface area contributed by atoms with Crippen molar-refractivity contribution in [1.29, 1.82) is 0 Å². The van der Waals surface area contributed by atoms with Crippen LogP contribution >= 0.6 is 0 Å². The van der Waals surface area contributed by atoms with E-state index in [1.807, 2.05) is 33.8 Å². The molecule has 1 aromatic rings. The first-order valence-electron chi connectivity index (χ1n) is 8.16. The summed E-state index contributed by atoms with van der Waals surface area (Å²) in [5, 5.41) is 0. The summed E-state index contributed by atoms with van der Waals surface area (Å²) in [6, 6.07) is 3.32. The summed E-state index contributed by atoms with van der Waals surface area (Å²) in [6.45, 7) is 11.4. The van der Waals surface area contributed by atoms with Crippen molar-refractivity contribution in [2.45, 2.75) is 44.7 Å². The fourth-order valence-electron chi connectivity index (χ4n) is 3.02. The van der Waals surface area contributed by atoms with Crippen molar-refractivity contribution >= 4 is 15.8 Å². The van der Waals surface area contributed by atoms with Crippen LogP contribution in [0.5, 0.6) is 0 Å². The van der Waals surface area contributed by atoms with E-state index in [-0.39, 0.29) is 17.0 Å². The van der Waals surface area contributed by atoms with Crippen LogP contribution in [0.15, 0.2) is 23.2 Å². The SMILES string of the molecule is CC(C)N(C(C)C)S(=O)(=O)c1ccc(N2CCN(C)CC2)nc1. The van der Waals surface area contributed by atoms with E-state index in [1.54, 1.807) is 6.07 Å². The van der Waals surface area contributed by atoms with Crippen LogP contribution in [0.2, 0.25) is 0 Å². The minimum Gasteiger partial charge on any atom is -0.354 e. The molecule has 0 amide bonds. The first-order valence-corrected chi connectivity index (χ1v) is 9.60. The molecule has 0 aliphatic carbocycles. The Kier molecular flexibility index (Phi) is 5.65. The number of likely N-dealkylation sites (N-methyl/N-ethyl adjacent to an activating group) is 1. The van der Waals surface area contributed by atoms with Gasteiger partial charge in [-0.3, -0.25) is 0 Å². The normalized spacial score (nSPS) is 17.5. The number of hydrogen-bond donors (Lipinski definition) is 0. The Morgan fingerprint density at radius 1 is 1.04 bits per heavy atom. The van der Waals surface area contributed by atoms with Gasteiger partial charge >= 0.3 is 0 Å². The summed E-state index contributed by atoms with van der Waals surface area (Å²) in [6.07, 6.45) is 1.49. The second kappa shape index (κ2) is 7.15. The summed E-state index contributed by atoms with van der Waals surface area (Å²) in [5.41, 5.74) is 0. The van der Waals surface area contributed by atoms with Crippen molar-refractivity contribution in [2.24, 2.45) is 0 Å². The lowest BCUT2D eigenvalue weighted by Gasteiger charge is -2.33. The van der Waals surface area contributed by atoms with Crippen LogP contribution in [-0.2, 0) is 10.0 Å². The Bertz CT molecular complexity index is 597. The van der Waals surface area contributed by atoms with Crippen molar-refractivity contribution in [3.63, 3.8) is 0 Å². The second-order valence-electron chi connectivity index (χ2n) is 6.66. The predicted molar refractivity (Wildman–Crippen MR) is 93.2 cm³/mol. The van der Waals surface area contributed by atoms with E-state index in [0.29, 0.717) is 0 Å². The van der Waals surface area contributed by atoms with Gasteiger partial charge in [-0.1, -0.05) is 0 Å². The van der Waals surface area contributed by atoms with Crippen molar-refractivity contribution < 1.29 is 8.42 Å². The molecular formula is C16H28N4O2S. The van der Waals surface area contributed by atoms with Gasteiger partial charge in [-0.05, 0) is 46.9 Å². The van der Waals surface area contributed by atoms with Gasteiger partial charge in [0, 0.05) is 44.5 Å². The zero-order chi connectivity index (χ0) is 17.2. The lowest BCUT2D eigenvalue weighted by atomic mass is 10.3. The molecule has 0 spiro atoms. The van der Waals surface area contributed by atoms with Crippen LogP contribution in [0.1, 0.15) is 27.7 Å². The molecule has 2 heterocycles. The highest BCUT2D eigenvalue weighted by Gasteiger charge is 2.29. The van der Waals surface area contributed by atoms with E-state index in [4.69, 9.17) is 0 Å². The van der Waals surface area contributed by atoms with E-state index in [0.717, 1.165) is 32.0 Å². The van der Waals surface area contributed by atoms with Gasteiger partial charge in [0.2, 0.25) is 10.0 Å². The molecule has 1 aromatic heterocycles. The topological polar surface area (TPSA) is 56.8 Å². The smallest absolute Gasteiger partial charge is 0.245 e. The molecule has 0 radical (unpaired) electrons. The van der Waals surface area contributed by atoms with Crippen molar-refractivity contribution in [1.82, 2.24) is 14.2 Å². The van der Waals surface area contributed by atoms with Gasteiger partial charge in [0.1, 0.15) is 10.7 Å². The maximum absolute atomic E-state index is 12.8. The Hall–Kier alpha value is -1.18. The third-order valence-corrected chi connectivity index (χ3v) is 6.38. The molecule has 0 aromatic carbocycles. The number of sulfonamides is 1. The highest BCUT2D eigenvalue weighted by Crippen LogP contribution is 2.22. The molecule has 1 saturated heterocycles. The van der Waals surface area contributed by atoms with Crippen LogP contribution in [0.3, 0.4) is 0 Å². The number of piperazine rings is 1. The Morgan fingerprint density at radius 3 is 2.04 bits per heavy atom. The lowest BCUT2D eigenvalue weighted by molar-refractivity contribution is 0.302. The van der Waals surface area contributed by atoms with Gasteiger partial charge in [0.05, 0.1) is 0 Å². The molecule has 2 rings (SSSR count). The number of nitrogens with zero attached hydrogens (tertiary/aromatic N) is 4. The van der Waals surface area contributed by atoms with Gasteiger partial charge in [-0.2, -0.15) is 4.31 Å². The molecule has 130 valence electrons. The van der Waals surface area contributed by atoms with E-state index in [9.17, 15) is 8.42 Å². The summed E-state index contributed by atoms with van der Waals surface area (Å²) in [7, 11) is -1.41. The highest BCUT2D eigenvalue weighted by atomic mass is 32.2. The average Bonchev–Trinajstić information content (AvgIpc) is 2.47. The third-order valence-electron chi connectivity index (χ3n) is 4.14. The molecule has 7 heteroatoms. The van der Waals surface area contributed by atoms with Gasteiger partial charge in [0.25, 0.3) is 0 Å². The fourth-order valence-corrected chi connectivity index (χ4v) is 4.80. The lowest BCUT2D eigenvalue weighted by Crippen LogP contribution is -2.45. The highest BCUT2D eigenvalue weighted by molar-refractivity contribution is 7.89. The number of rotatable bonds is 5. The Morgan fingerprint density at radius 2 is 1.61 bits per heavy atom. The molecule has 0 unspecified atom stereocenters. The molecule has 1 aliphatic heterocycles. The summed E-state index contributed by atoms with van der Waals surface area (Å²) in [5.74, 6) is 0.845. The van der Waals surface area contributed by atoms with Gasteiger partial charge in [-0.25, -0.2) is 13.4 Å². The minimum absolute atomic E-state index is 0.0858. The van der Waals surface area contributed by atoms with Crippen LogP contribution in [-0.4, -0.2) is 67.9 Å². The predicted octanol–water partition coefficient (Wildman–Crippen LogP) is 1.64. The van der Waals surface area contributed by atoms with Crippen molar-refractivity contribution in [2.75, 3.05) is 38.1 Å². The van der Waals surface area contributed by atoms with E-state index in [2.05, 4.69) is 21.8 Å². The number of aromatic nitrogens is 1. The summed E-state index contributed by atoms with van der Waals surface area (Å²) in [4.78, 5) is 9.13. The van der Waals surface area contributed by atoms with Gasteiger partial charge in [-0.15, -0.1) is 0 Å². The fraction of sp³-hybridized carbons (Fsp3) is 0.688. The molecule has 1 aliphatic rings. The standard InChI is InChI=1S/C16H28N4O2S/c1-13(2)20(14(3)4)23(21,22)15-6-7-16(17-12-15)19-10-8-18(5)9-11-19/h6-7,12-14H,8-11H2,1-5H3. The number of hydrogen-bond acceptors (Lipinski definition) is 5. The van der Waals surface area contributed by atoms with Crippen molar-refractivity contribution in [3.05, 3.63) is 18.3 Å². The maximum atomic E-state index is 12.8. The number of pyridine rings is 1. The second-order valence-corrected chi connectivity index (χ2v) is 8.51. The van der Waals surface area contributed by atoms with E-state index < -0.39 is 10.0 Å². The van der Waals surface area contributed by atoms with Crippen LogP contribution < -0.4 is 4.90 Å². The number of anilines is 1. The molecule has 0 N–H and O–H groups in total. The summed E-state index contributed by atoms with van der Waals surface area (Å²) < 4.78 is 27.2.